The molecule has 1 heterocycles. The number of aryl methyl sites for hydroxylation is 1. The average molecular weight is 272 g/mol. The molecule has 0 spiro atoms. The van der Waals surface area contributed by atoms with Crippen molar-refractivity contribution in [2.45, 2.75) is 30.9 Å². The van der Waals surface area contributed by atoms with E-state index >= 15 is 0 Å². The van der Waals surface area contributed by atoms with Gasteiger partial charge in [-0.2, -0.15) is 0 Å². The third-order valence-electron chi connectivity index (χ3n) is 2.81. The van der Waals surface area contributed by atoms with Crippen molar-refractivity contribution in [2.24, 2.45) is 0 Å². The zero-order valence-electron chi connectivity index (χ0n) is 11.5. The highest BCUT2D eigenvalue weighted by molar-refractivity contribution is 7.98. The van der Waals surface area contributed by atoms with Crippen molar-refractivity contribution in [3.8, 4) is 0 Å². The van der Waals surface area contributed by atoms with Crippen LogP contribution in [0.25, 0.3) is 0 Å². The summed E-state index contributed by atoms with van der Waals surface area (Å²) in [4.78, 5) is 5.72. The Morgan fingerprint density at radius 1 is 1.11 bits per heavy atom. The number of rotatable bonds is 6. The molecule has 0 saturated carbocycles. The van der Waals surface area contributed by atoms with Gasteiger partial charge in [-0.15, -0.1) is 11.8 Å². The maximum atomic E-state index is 4.42. The Labute approximate surface area is 119 Å². The molecule has 0 atom stereocenters. The zero-order chi connectivity index (χ0) is 13.5. The molecule has 2 rings (SSSR count). The predicted molar refractivity (Wildman–Crippen MR) is 83.8 cm³/mol. The molecule has 0 unspecified atom stereocenters. The van der Waals surface area contributed by atoms with Gasteiger partial charge in [-0.1, -0.05) is 30.7 Å². The van der Waals surface area contributed by atoms with Crippen LogP contribution in [0, 0.1) is 6.92 Å². The van der Waals surface area contributed by atoms with E-state index in [0.29, 0.717) is 0 Å². The molecule has 0 radical (unpaired) electrons. The van der Waals surface area contributed by atoms with Gasteiger partial charge >= 0.3 is 0 Å². The van der Waals surface area contributed by atoms with Crippen LogP contribution in [0.5, 0.6) is 0 Å². The van der Waals surface area contributed by atoms with Crippen molar-refractivity contribution < 1.29 is 0 Å². The Hall–Kier alpha value is -1.48. The molecule has 2 aromatic rings. The van der Waals surface area contributed by atoms with E-state index in [0.717, 1.165) is 24.5 Å². The van der Waals surface area contributed by atoms with E-state index in [-0.39, 0.29) is 0 Å². The number of anilines is 1. The minimum atomic E-state index is 0.962. The van der Waals surface area contributed by atoms with Gasteiger partial charge in [0.05, 0.1) is 0 Å². The van der Waals surface area contributed by atoms with Crippen LogP contribution in [0.15, 0.2) is 47.5 Å². The summed E-state index contributed by atoms with van der Waals surface area (Å²) in [5.41, 5.74) is 2.56. The topological polar surface area (TPSA) is 24.9 Å². The highest BCUT2D eigenvalue weighted by Crippen LogP contribution is 2.23. The quantitative estimate of drug-likeness (QED) is 0.783. The molecule has 1 aromatic carbocycles. The van der Waals surface area contributed by atoms with E-state index in [1.165, 1.54) is 16.0 Å². The fraction of sp³-hybridized carbons (Fsp3) is 0.312. The van der Waals surface area contributed by atoms with Crippen molar-refractivity contribution in [3.05, 3.63) is 53.7 Å². The van der Waals surface area contributed by atoms with Crippen LogP contribution >= 0.6 is 11.8 Å². The van der Waals surface area contributed by atoms with E-state index in [1.54, 1.807) is 0 Å². The maximum absolute atomic E-state index is 4.42. The number of aromatic nitrogens is 1. The monoisotopic (exact) mass is 272 g/mol. The first-order valence-corrected chi connectivity index (χ1v) is 7.65. The van der Waals surface area contributed by atoms with Gasteiger partial charge in [0.2, 0.25) is 0 Å². The Morgan fingerprint density at radius 3 is 2.53 bits per heavy atom. The standard InChI is InChI=1S/C16H20N2S/c1-3-10-17-16-9-6-14(11-18-16)12-19-15-7-4-13(2)5-8-15/h4-9,11H,3,10,12H2,1-2H3,(H,17,18). The number of thioether (sulfide) groups is 1. The molecule has 0 amide bonds. The summed E-state index contributed by atoms with van der Waals surface area (Å²) in [6, 6.07) is 12.8. The summed E-state index contributed by atoms with van der Waals surface area (Å²) in [7, 11) is 0. The number of hydrogen-bond donors (Lipinski definition) is 1. The van der Waals surface area contributed by atoms with Crippen LogP contribution in [0.2, 0.25) is 0 Å². The molecule has 0 fully saturated rings. The van der Waals surface area contributed by atoms with Gasteiger partial charge in [-0.25, -0.2) is 4.98 Å². The van der Waals surface area contributed by atoms with Gasteiger partial charge in [0.15, 0.2) is 0 Å². The van der Waals surface area contributed by atoms with Crippen LogP contribution < -0.4 is 5.32 Å². The normalized spacial score (nSPS) is 10.4. The van der Waals surface area contributed by atoms with Crippen LogP contribution in [-0.2, 0) is 5.75 Å². The molecule has 1 aromatic heterocycles. The molecule has 0 bridgehead atoms. The number of pyridine rings is 1. The molecule has 100 valence electrons. The van der Waals surface area contributed by atoms with Crippen LogP contribution in [0.3, 0.4) is 0 Å². The zero-order valence-corrected chi connectivity index (χ0v) is 12.3. The van der Waals surface area contributed by atoms with Gasteiger partial charge in [0.1, 0.15) is 5.82 Å². The first-order valence-electron chi connectivity index (χ1n) is 6.66. The van der Waals surface area contributed by atoms with Gasteiger partial charge in [0, 0.05) is 23.4 Å². The first-order chi connectivity index (χ1) is 9.28. The third-order valence-corrected chi connectivity index (χ3v) is 3.89. The molecule has 19 heavy (non-hydrogen) atoms. The predicted octanol–water partition coefficient (Wildman–Crippen LogP) is 4.50. The Morgan fingerprint density at radius 2 is 1.89 bits per heavy atom. The Kier molecular flexibility index (Phi) is 5.28. The number of nitrogens with one attached hydrogen (secondary N) is 1. The minimum Gasteiger partial charge on any atom is -0.370 e. The lowest BCUT2D eigenvalue weighted by molar-refractivity contribution is 0.968. The van der Waals surface area contributed by atoms with Gasteiger partial charge in [-0.05, 0) is 37.1 Å². The average Bonchev–Trinajstić information content (AvgIpc) is 2.46. The highest BCUT2D eigenvalue weighted by Gasteiger charge is 1.98. The van der Waals surface area contributed by atoms with Crippen molar-refractivity contribution >= 4 is 17.6 Å². The fourth-order valence-electron chi connectivity index (χ4n) is 1.67. The number of hydrogen-bond acceptors (Lipinski definition) is 3. The summed E-state index contributed by atoms with van der Waals surface area (Å²) < 4.78 is 0. The molecule has 2 nitrogen and oxygen atoms in total. The molecule has 3 heteroatoms. The molecule has 0 aliphatic heterocycles. The largest absolute Gasteiger partial charge is 0.370 e. The van der Waals surface area contributed by atoms with Crippen LogP contribution in [0.4, 0.5) is 5.82 Å². The molecule has 0 aliphatic rings. The lowest BCUT2D eigenvalue weighted by Crippen LogP contribution is -2.01. The van der Waals surface area contributed by atoms with E-state index in [1.807, 2.05) is 18.0 Å². The summed E-state index contributed by atoms with van der Waals surface area (Å²) in [6.07, 6.45) is 3.08. The Balaban J connectivity index is 1.87. The van der Waals surface area contributed by atoms with Crippen molar-refractivity contribution in [1.82, 2.24) is 4.98 Å². The van der Waals surface area contributed by atoms with E-state index in [2.05, 4.69) is 60.5 Å². The lowest BCUT2D eigenvalue weighted by atomic mass is 10.2. The number of nitrogens with zero attached hydrogens (tertiary/aromatic N) is 1. The summed E-state index contributed by atoms with van der Waals surface area (Å²) in [5.74, 6) is 1.93. The molecule has 1 N–H and O–H groups in total. The SMILES string of the molecule is CCCNc1ccc(CSc2ccc(C)cc2)cn1. The highest BCUT2D eigenvalue weighted by atomic mass is 32.2. The summed E-state index contributed by atoms with van der Waals surface area (Å²) >= 11 is 1.85. The summed E-state index contributed by atoms with van der Waals surface area (Å²) in [5, 5.41) is 3.28. The van der Waals surface area contributed by atoms with Crippen LogP contribution in [-0.4, -0.2) is 11.5 Å². The molecular weight excluding hydrogens is 252 g/mol. The molecule has 0 saturated heterocycles. The van der Waals surface area contributed by atoms with Crippen molar-refractivity contribution in [3.63, 3.8) is 0 Å². The second-order valence-corrected chi connectivity index (χ2v) is 5.63. The smallest absolute Gasteiger partial charge is 0.125 e. The van der Waals surface area contributed by atoms with E-state index < -0.39 is 0 Å². The van der Waals surface area contributed by atoms with E-state index in [9.17, 15) is 0 Å². The third kappa shape index (κ3) is 4.60. The first kappa shape index (κ1) is 13.9. The van der Waals surface area contributed by atoms with E-state index in [4.69, 9.17) is 0 Å². The summed E-state index contributed by atoms with van der Waals surface area (Å²) in [6.45, 7) is 5.24. The maximum Gasteiger partial charge on any atom is 0.125 e. The second kappa shape index (κ2) is 7.19. The van der Waals surface area contributed by atoms with Crippen LogP contribution in [0.1, 0.15) is 24.5 Å². The van der Waals surface area contributed by atoms with Gasteiger partial charge in [-0.3, -0.25) is 0 Å². The minimum absolute atomic E-state index is 0.962. The van der Waals surface area contributed by atoms with Gasteiger partial charge in [0.25, 0.3) is 0 Å². The molecule has 0 aliphatic carbocycles. The van der Waals surface area contributed by atoms with Crippen molar-refractivity contribution in [1.29, 1.82) is 0 Å². The Bertz CT molecular complexity index is 491. The second-order valence-electron chi connectivity index (χ2n) is 4.58. The van der Waals surface area contributed by atoms with Gasteiger partial charge < -0.3 is 5.32 Å². The molecular formula is C16H20N2S. The lowest BCUT2D eigenvalue weighted by Gasteiger charge is -2.05. The van der Waals surface area contributed by atoms with Crippen molar-refractivity contribution in [2.75, 3.05) is 11.9 Å². The number of benzene rings is 1. The fourth-order valence-corrected chi connectivity index (χ4v) is 2.50.